The number of hydrogen-bond acceptors (Lipinski definition) is 4. The first kappa shape index (κ1) is 25.0. The van der Waals surface area contributed by atoms with Crippen LogP contribution in [0.5, 0.6) is 11.5 Å². The topological polar surface area (TPSA) is 58.1 Å². The summed E-state index contributed by atoms with van der Waals surface area (Å²) < 4.78 is 11.9. The Kier molecular flexibility index (Phi) is 11.1. The molecule has 2 fully saturated rings. The van der Waals surface area contributed by atoms with Gasteiger partial charge in [0.25, 0.3) is 0 Å². The second-order valence-electron chi connectivity index (χ2n) is 8.18. The van der Waals surface area contributed by atoms with Crippen LogP contribution in [0.15, 0.2) is 23.2 Å². The molecule has 1 aliphatic heterocycles. The molecule has 1 unspecified atom stereocenters. The van der Waals surface area contributed by atoms with Crippen molar-refractivity contribution in [3.63, 3.8) is 0 Å². The van der Waals surface area contributed by atoms with Crippen molar-refractivity contribution in [2.75, 3.05) is 40.3 Å². The summed E-state index contributed by atoms with van der Waals surface area (Å²) >= 11 is 0. The van der Waals surface area contributed by atoms with Gasteiger partial charge in [0, 0.05) is 32.2 Å². The number of aliphatic imine (C=N–C) groups is 1. The molecule has 3 rings (SSSR count). The number of methoxy groups -OCH3 is 1. The van der Waals surface area contributed by atoms with E-state index in [0.29, 0.717) is 18.6 Å². The summed E-state index contributed by atoms with van der Waals surface area (Å²) in [5.74, 6) is 3.20. The molecule has 0 aromatic heterocycles. The Hall–Kier alpha value is -1.22. The first-order valence-electron chi connectivity index (χ1n) is 11.2. The average molecular weight is 530 g/mol. The van der Waals surface area contributed by atoms with Gasteiger partial charge in [0.05, 0.1) is 13.2 Å². The van der Waals surface area contributed by atoms with Gasteiger partial charge in [-0.25, -0.2) is 0 Å². The van der Waals surface area contributed by atoms with E-state index in [4.69, 9.17) is 9.47 Å². The Morgan fingerprint density at radius 3 is 2.67 bits per heavy atom. The SMILES string of the molecule is CCN1CCCC(CNC(=NC)NCc2cccc(OC)c2OC2CCCC2)C1.I. The third kappa shape index (κ3) is 7.18. The molecular formula is C23H39IN4O2. The van der Waals surface area contributed by atoms with E-state index >= 15 is 0 Å². The third-order valence-electron chi connectivity index (χ3n) is 6.15. The van der Waals surface area contributed by atoms with Gasteiger partial charge in [-0.3, -0.25) is 4.99 Å². The Bertz CT molecular complexity index is 665. The molecule has 0 radical (unpaired) electrons. The summed E-state index contributed by atoms with van der Waals surface area (Å²) in [5.41, 5.74) is 1.11. The van der Waals surface area contributed by atoms with Crippen molar-refractivity contribution in [2.24, 2.45) is 10.9 Å². The van der Waals surface area contributed by atoms with E-state index in [1.54, 1.807) is 7.11 Å². The summed E-state index contributed by atoms with van der Waals surface area (Å²) in [6.07, 6.45) is 7.64. The molecule has 1 saturated carbocycles. The van der Waals surface area contributed by atoms with Crippen molar-refractivity contribution < 1.29 is 9.47 Å². The number of ether oxygens (including phenoxy) is 2. The van der Waals surface area contributed by atoms with Crippen LogP contribution in [0.1, 0.15) is 51.0 Å². The van der Waals surface area contributed by atoms with Crippen molar-refractivity contribution in [2.45, 2.75) is 58.1 Å². The Labute approximate surface area is 199 Å². The zero-order valence-electron chi connectivity index (χ0n) is 18.8. The summed E-state index contributed by atoms with van der Waals surface area (Å²) in [6, 6.07) is 6.10. The van der Waals surface area contributed by atoms with Crippen molar-refractivity contribution in [1.29, 1.82) is 0 Å². The van der Waals surface area contributed by atoms with Crippen molar-refractivity contribution in [1.82, 2.24) is 15.5 Å². The highest BCUT2D eigenvalue weighted by molar-refractivity contribution is 14.0. The van der Waals surface area contributed by atoms with Gasteiger partial charge < -0.3 is 25.0 Å². The molecule has 170 valence electrons. The van der Waals surface area contributed by atoms with Crippen LogP contribution in [0.25, 0.3) is 0 Å². The molecule has 7 heteroatoms. The fraction of sp³-hybridized carbons (Fsp3) is 0.696. The highest BCUT2D eigenvalue weighted by Gasteiger charge is 2.21. The highest BCUT2D eigenvalue weighted by Crippen LogP contribution is 2.34. The minimum absolute atomic E-state index is 0. The molecule has 30 heavy (non-hydrogen) atoms. The van der Waals surface area contributed by atoms with Crippen LogP contribution >= 0.6 is 24.0 Å². The Balaban J connectivity index is 0.00000320. The van der Waals surface area contributed by atoms with Crippen molar-refractivity contribution >= 4 is 29.9 Å². The van der Waals surface area contributed by atoms with Gasteiger partial charge >= 0.3 is 0 Å². The van der Waals surface area contributed by atoms with Crippen LogP contribution in [-0.2, 0) is 6.54 Å². The number of nitrogens with one attached hydrogen (secondary N) is 2. The number of halogens is 1. The molecular weight excluding hydrogens is 491 g/mol. The molecule has 0 bridgehead atoms. The average Bonchev–Trinajstić information content (AvgIpc) is 3.28. The summed E-state index contributed by atoms with van der Waals surface area (Å²) in [4.78, 5) is 6.95. The van der Waals surface area contributed by atoms with E-state index in [1.165, 1.54) is 38.8 Å². The van der Waals surface area contributed by atoms with Gasteiger partial charge in [0.15, 0.2) is 17.5 Å². The van der Waals surface area contributed by atoms with E-state index in [1.807, 2.05) is 19.2 Å². The lowest BCUT2D eigenvalue weighted by Crippen LogP contribution is -2.44. The van der Waals surface area contributed by atoms with Gasteiger partial charge in [-0.05, 0) is 63.6 Å². The zero-order chi connectivity index (χ0) is 20.5. The maximum Gasteiger partial charge on any atom is 0.191 e. The number of hydrogen-bond donors (Lipinski definition) is 2. The lowest BCUT2D eigenvalue weighted by molar-refractivity contribution is 0.183. The summed E-state index contributed by atoms with van der Waals surface area (Å²) in [5, 5.41) is 6.97. The van der Waals surface area contributed by atoms with Crippen molar-refractivity contribution in [3.8, 4) is 11.5 Å². The third-order valence-corrected chi connectivity index (χ3v) is 6.15. The molecule has 1 heterocycles. The lowest BCUT2D eigenvalue weighted by atomic mass is 9.98. The Morgan fingerprint density at radius 1 is 1.17 bits per heavy atom. The molecule has 0 amide bonds. The number of guanidine groups is 1. The molecule has 2 aliphatic rings. The number of para-hydroxylation sites is 1. The van der Waals surface area contributed by atoms with Crippen LogP contribution < -0.4 is 20.1 Å². The molecule has 6 nitrogen and oxygen atoms in total. The maximum atomic E-state index is 6.34. The molecule has 0 spiro atoms. The number of nitrogens with zero attached hydrogens (tertiary/aromatic N) is 2. The predicted octanol–water partition coefficient (Wildman–Crippen LogP) is 4.03. The monoisotopic (exact) mass is 530 g/mol. The van der Waals surface area contributed by atoms with Gasteiger partial charge in [-0.15, -0.1) is 24.0 Å². The largest absolute Gasteiger partial charge is 0.493 e. The van der Waals surface area contributed by atoms with Crippen LogP contribution in [-0.4, -0.2) is 57.3 Å². The van der Waals surface area contributed by atoms with Crippen molar-refractivity contribution in [3.05, 3.63) is 23.8 Å². The summed E-state index contributed by atoms with van der Waals surface area (Å²) in [7, 11) is 3.54. The molecule has 2 N–H and O–H groups in total. The van der Waals surface area contributed by atoms with Gasteiger partial charge in [0.1, 0.15) is 0 Å². The molecule has 1 atom stereocenters. The zero-order valence-corrected chi connectivity index (χ0v) is 21.1. The van der Waals surface area contributed by atoms with Gasteiger partial charge in [-0.2, -0.15) is 0 Å². The molecule has 1 aliphatic carbocycles. The fourth-order valence-corrected chi connectivity index (χ4v) is 4.41. The number of benzene rings is 1. The second-order valence-corrected chi connectivity index (χ2v) is 8.18. The molecule has 1 aromatic carbocycles. The van der Waals surface area contributed by atoms with Gasteiger partial charge in [-0.1, -0.05) is 19.1 Å². The summed E-state index contributed by atoms with van der Waals surface area (Å²) in [6.45, 7) is 7.42. The van der Waals surface area contributed by atoms with Crippen LogP contribution in [0, 0.1) is 5.92 Å². The number of likely N-dealkylation sites (tertiary alicyclic amines) is 1. The minimum atomic E-state index is 0. The first-order chi connectivity index (χ1) is 14.2. The molecule has 1 aromatic rings. The lowest BCUT2D eigenvalue weighted by Gasteiger charge is -2.32. The first-order valence-corrected chi connectivity index (χ1v) is 11.2. The number of piperidine rings is 1. The molecule has 1 saturated heterocycles. The fourth-order valence-electron chi connectivity index (χ4n) is 4.41. The maximum absolute atomic E-state index is 6.34. The van der Waals surface area contributed by atoms with E-state index in [-0.39, 0.29) is 24.0 Å². The normalized spacial score (nSPS) is 20.5. The number of rotatable bonds is 8. The van der Waals surface area contributed by atoms with E-state index in [0.717, 1.165) is 49.0 Å². The van der Waals surface area contributed by atoms with Gasteiger partial charge in [0.2, 0.25) is 0 Å². The Morgan fingerprint density at radius 2 is 1.97 bits per heavy atom. The van der Waals surface area contributed by atoms with Crippen LogP contribution in [0.2, 0.25) is 0 Å². The second kappa shape index (κ2) is 13.2. The quantitative estimate of drug-likeness (QED) is 0.302. The smallest absolute Gasteiger partial charge is 0.191 e. The predicted molar refractivity (Wildman–Crippen MR) is 134 cm³/mol. The highest BCUT2D eigenvalue weighted by atomic mass is 127. The van der Waals surface area contributed by atoms with E-state index in [9.17, 15) is 0 Å². The minimum Gasteiger partial charge on any atom is -0.493 e. The van der Waals surface area contributed by atoms with Crippen LogP contribution in [0.4, 0.5) is 0 Å². The standard InChI is InChI=1S/C23H38N4O2.HI/c1-4-27-14-8-9-18(17-27)15-25-23(24-2)26-16-19-10-7-13-21(28-3)22(19)29-20-11-5-6-12-20;/h7,10,13,18,20H,4-6,8-9,11-12,14-17H2,1-3H3,(H2,24,25,26);1H. The van der Waals surface area contributed by atoms with E-state index in [2.05, 4.69) is 33.5 Å². The van der Waals surface area contributed by atoms with Crippen LogP contribution in [0.3, 0.4) is 0 Å². The van der Waals surface area contributed by atoms with E-state index < -0.39 is 0 Å².